The number of rotatable bonds is 5. The monoisotopic (exact) mass is 364 g/mol. The molecule has 0 amide bonds. The third-order valence-electron chi connectivity index (χ3n) is 4.80. The lowest BCUT2D eigenvalue weighted by Crippen LogP contribution is -2.18. The Morgan fingerprint density at radius 3 is 2.52 bits per heavy atom. The highest BCUT2D eigenvalue weighted by Gasteiger charge is 2.13. The molecular formula is C23H25FN2O. The molecule has 0 spiro atoms. The van der Waals surface area contributed by atoms with E-state index >= 15 is 0 Å². The molecule has 0 fully saturated rings. The van der Waals surface area contributed by atoms with Gasteiger partial charge in [-0.1, -0.05) is 18.2 Å². The summed E-state index contributed by atoms with van der Waals surface area (Å²) >= 11 is 0. The maximum absolute atomic E-state index is 13.6. The van der Waals surface area contributed by atoms with Crippen LogP contribution >= 0.6 is 0 Å². The van der Waals surface area contributed by atoms with Crippen LogP contribution in [-0.2, 0) is 6.54 Å². The van der Waals surface area contributed by atoms with Gasteiger partial charge in [-0.15, -0.1) is 0 Å². The maximum atomic E-state index is 13.6. The molecule has 140 valence electrons. The minimum Gasteiger partial charge on any atom is -0.496 e. The zero-order valence-electron chi connectivity index (χ0n) is 16.5. The first kappa shape index (κ1) is 18.9. The number of hydrogen-bond donors (Lipinski definition) is 0. The summed E-state index contributed by atoms with van der Waals surface area (Å²) in [6, 6.07) is 13.0. The summed E-state index contributed by atoms with van der Waals surface area (Å²) < 4.78 is 19.1. The number of anilines is 1. The largest absolute Gasteiger partial charge is 0.496 e. The fourth-order valence-electron chi connectivity index (χ4n) is 3.36. The normalized spacial score (nSPS) is 10.7. The van der Waals surface area contributed by atoms with Gasteiger partial charge in [-0.3, -0.25) is 4.98 Å². The number of aryl methyl sites for hydroxylation is 2. The molecule has 4 heteroatoms. The third kappa shape index (κ3) is 4.11. The van der Waals surface area contributed by atoms with Crippen molar-refractivity contribution in [1.29, 1.82) is 0 Å². The Bertz CT molecular complexity index is 969. The molecule has 0 atom stereocenters. The molecular weight excluding hydrogens is 339 g/mol. The molecule has 3 rings (SSSR count). The van der Waals surface area contributed by atoms with Crippen LogP contribution in [0.5, 0.6) is 5.75 Å². The lowest BCUT2D eigenvalue weighted by atomic mass is 10.0. The van der Waals surface area contributed by atoms with E-state index in [4.69, 9.17) is 4.74 Å². The molecule has 0 saturated heterocycles. The van der Waals surface area contributed by atoms with Gasteiger partial charge in [-0.05, 0) is 61.7 Å². The fourth-order valence-corrected chi connectivity index (χ4v) is 3.36. The topological polar surface area (TPSA) is 25.4 Å². The van der Waals surface area contributed by atoms with Crippen LogP contribution in [0.15, 0.2) is 48.7 Å². The zero-order valence-corrected chi connectivity index (χ0v) is 16.5. The number of hydrogen-bond acceptors (Lipinski definition) is 3. The predicted octanol–water partition coefficient (Wildman–Crippen LogP) is 5.46. The fraction of sp³-hybridized carbons (Fsp3) is 0.261. The second-order valence-electron chi connectivity index (χ2n) is 6.97. The number of ether oxygens (including phenoxy) is 1. The van der Waals surface area contributed by atoms with E-state index in [0.29, 0.717) is 6.54 Å². The lowest BCUT2D eigenvalue weighted by molar-refractivity contribution is 0.407. The first-order chi connectivity index (χ1) is 12.9. The molecule has 0 radical (unpaired) electrons. The van der Waals surface area contributed by atoms with Crippen LogP contribution in [0, 0.1) is 26.6 Å². The highest BCUT2D eigenvalue weighted by atomic mass is 19.1. The second kappa shape index (κ2) is 7.78. The van der Waals surface area contributed by atoms with Crippen LogP contribution in [0.25, 0.3) is 11.1 Å². The number of halogens is 1. The predicted molar refractivity (Wildman–Crippen MR) is 109 cm³/mol. The quantitative estimate of drug-likeness (QED) is 0.601. The minimum atomic E-state index is -0.226. The van der Waals surface area contributed by atoms with Crippen LogP contribution in [0.3, 0.4) is 0 Å². The van der Waals surface area contributed by atoms with Crippen LogP contribution in [0.4, 0.5) is 10.1 Å². The standard InChI is InChI=1S/C23H25FN2O/c1-15-9-19(18-7-6-8-20(24)11-18)12-21(10-15)26(4)14-22-17(3)23(27-5)16(2)13-25-22/h6-13H,14H2,1-5H3. The van der Waals surface area contributed by atoms with Crippen molar-refractivity contribution in [2.24, 2.45) is 0 Å². The SMILES string of the molecule is COc1c(C)cnc(CN(C)c2cc(C)cc(-c3cccc(F)c3)c2)c1C. The highest BCUT2D eigenvalue weighted by molar-refractivity contribution is 5.70. The van der Waals surface area contributed by atoms with Gasteiger partial charge in [0, 0.05) is 30.1 Å². The van der Waals surface area contributed by atoms with Gasteiger partial charge >= 0.3 is 0 Å². The molecule has 0 N–H and O–H groups in total. The molecule has 0 bridgehead atoms. The number of nitrogens with zero attached hydrogens (tertiary/aromatic N) is 2. The van der Waals surface area contributed by atoms with Crippen molar-refractivity contribution < 1.29 is 9.13 Å². The van der Waals surface area contributed by atoms with Crippen molar-refractivity contribution in [2.45, 2.75) is 27.3 Å². The summed E-state index contributed by atoms with van der Waals surface area (Å²) in [4.78, 5) is 6.75. The summed E-state index contributed by atoms with van der Waals surface area (Å²) in [6.45, 7) is 6.75. The van der Waals surface area contributed by atoms with Crippen molar-refractivity contribution in [2.75, 3.05) is 19.1 Å². The molecule has 1 heterocycles. The Morgan fingerprint density at radius 2 is 1.81 bits per heavy atom. The van der Waals surface area contributed by atoms with Gasteiger partial charge in [0.15, 0.2) is 0 Å². The van der Waals surface area contributed by atoms with E-state index in [0.717, 1.165) is 44.9 Å². The zero-order chi connectivity index (χ0) is 19.6. The molecule has 1 aromatic heterocycles. The molecule has 0 aliphatic rings. The average Bonchev–Trinajstić information content (AvgIpc) is 2.64. The molecule has 0 aliphatic heterocycles. The first-order valence-electron chi connectivity index (χ1n) is 8.97. The van der Waals surface area contributed by atoms with Gasteiger partial charge < -0.3 is 9.64 Å². The van der Waals surface area contributed by atoms with E-state index in [9.17, 15) is 4.39 Å². The van der Waals surface area contributed by atoms with E-state index in [2.05, 4.69) is 35.0 Å². The number of pyridine rings is 1. The number of benzene rings is 2. The molecule has 2 aromatic carbocycles. The molecule has 3 aromatic rings. The Hall–Kier alpha value is -2.88. The Morgan fingerprint density at radius 1 is 1.04 bits per heavy atom. The van der Waals surface area contributed by atoms with Gasteiger partial charge in [-0.2, -0.15) is 0 Å². The van der Waals surface area contributed by atoms with Crippen molar-refractivity contribution in [1.82, 2.24) is 4.98 Å². The van der Waals surface area contributed by atoms with Crippen molar-refractivity contribution in [3.8, 4) is 16.9 Å². The van der Waals surface area contributed by atoms with Crippen molar-refractivity contribution in [3.63, 3.8) is 0 Å². The lowest BCUT2D eigenvalue weighted by Gasteiger charge is -2.22. The summed E-state index contributed by atoms with van der Waals surface area (Å²) in [5, 5.41) is 0. The smallest absolute Gasteiger partial charge is 0.128 e. The van der Waals surface area contributed by atoms with E-state index in [-0.39, 0.29) is 5.82 Å². The van der Waals surface area contributed by atoms with E-state index in [1.54, 1.807) is 19.2 Å². The Labute approximate surface area is 160 Å². The van der Waals surface area contributed by atoms with E-state index in [1.807, 2.05) is 33.2 Å². The Kier molecular flexibility index (Phi) is 5.45. The number of methoxy groups -OCH3 is 1. The van der Waals surface area contributed by atoms with Crippen LogP contribution in [-0.4, -0.2) is 19.1 Å². The van der Waals surface area contributed by atoms with Gasteiger partial charge in [0.25, 0.3) is 0 Å². The van der Waals surface area contributed by atoms with Gasteiger partial charge in [0.05, 0.1) is 19.3 Å². The Balaban J connectivity index is 1.93. The first-order valence-corrected chi connectivity index (χ1v) is 8.97. The summed E-state index contributed by atoms with van der Waals surface area (Å²) in [5.41, 5.74) is 7.14. The third-order valence-corrected chi connectivity index (χ3v) is 4.80. The molecule has 0 unspecified atom stereocenters. The van der Waals surface area contributed by atoms with Crippen molar-refractivity contribution >= 4 is 5.69 Å². The van der Waals surface area contributed by atoms with Gasteiger partial charge in [0.2, 0.25) is 0 Å². The van der Waals surface area contributed by atoms with Crippen LogP contribution in [0.1, 0.15) is 22.4 Å². The van der Waals surface area contributed by atoms with E-state index in [1.165, 1.54) is 6.07 Å². The summed E-state index contributed by atoms with van der Waals surface area (Å²) in [5.74, 6) is 0.661. The summed E-state index contributed by atoms with van der Waals surface area (Å²) in [7, 11) is 3.73. The summed E-state index contributed by atoms with van der Waals surface area (Å²) in [6.07, 6.45) is 1.85. The van der Waals surface area contributed by atoms with Crippen LogP contribution < -0.4 is 9.64 Å². The van der Waals surface area contributed by atoms with Gasteiger partial charge in [0.1, 0.15) is 11.6 Å². The maximum Gasteiger partial charge on any atom is 0.128 e. The minimum absolute atomic E-state index is 0.226. The molecule has 3 nitrogen and oxygen atoms in total. The molecule has 0 aliphatic carbocycles. The van der Waals surface area contributed by atoms with Crippen LogP contribution in [0.2, 0.25) is 0 Å². The molecule has 27 heavy (non-hydrogen) atoms. The molecule has 0 saturated carbocycles. The number of aromatic nitrogens is 1. The average molecular weight is 364 g/mol. The highest BCUT2D eigenvalue weighted by Crippen LogP contribution is 2.29. The van der Waals surface area contributed by atoms with Gasteiger partial charge in [-0.25, -0.2) is 4.39 Å². The van der Waals surface area contributed by atoms with E-state index < -0.39 is 0 Å². The van der Waals surface area contributed by atoms with Crippen molar-refractivity contribution in [3.05, 3.63) is 76.9 Å². The second-order valence-corrected chi connectivity index (χ2v) is 6.97.